The fraction of sp³-hybridized carbons (Fsp3) is 0.450. The fourth-order valence-corrected chi connectivity index (χ4v) is 3.18. The van der Waals surface area contributed by atoms with Crippen molar-refractivity contribution in [2.24, 2.45) is 10.7 Å². The van der Waals surface area contributed by atoms with E-state index < -0.39 is 0 Å². The summed E-state index contributed by atoms with van der Waals surface area (Å²) in [5.74, 6) is 3.02. The van der Waals surface area contributed by atoms with Crippen LogP contribution in [0.15, 0.2) is 23.3 Å². The fourth-order valence-electron chi connectivity index (χ4n) is 3.18. The van der Waals surface area contributed by atoms with E-state index in [1.807, 2.05) is 39.1 Å². The van der Waals surface area contributed by atoms with Gasteiger partial charge in [-0.25, -0.2) is 9.98 Å². The van der Waals surface area contributed by atoms with E-state index in [0.29, 0.717) is 30.4 Å². The maximum atomic E-state index is 7.74. The predicted octanol–water partition coefficient (Wildman–Crippen LogP) is 2.71. The molecule has 0 amide bonds. The van der Waals surface area contributed by atoms with E-state index in [4.69, 9.17) is 25.6 Å². The maximum Gasteiger partial charge on any atom is 0.155 e. The minimum Gasteiger partial charge on any atom is -0.496 e. The quantitative estimate of drug-likeness (QED) is 0.554. The van der Waals surface area contributed by atoms with E-state index in [1.165, 1.54) is 0 Å². The molecule has 1 aromatic heterocycles. The van der Waals surface area contributed by atoms with Crippen LogP contribution in [0, 0.1) is 5.41 Å². The van der Waals surface area contributed by atoms with Gasteiger partial charge in [0.1, 0.15) is 35.5 Å². The number of ether oxygens (including phenoxy) is 2. The van der Waals surface area contributed by atoms with Crippen molar-refractivity contribution in [2.45, 2.75) is 46.3 Å². The monoisotopic (exact) mass is 384 g/mol. The van der Waals surface area contributed by atoms with Gasteiger partial charge in [-0.3, -0.25) is 5.41 Å². The number of methoxy groups -OCH3 is 1. The van der Waals surface area contributed by atoms with Crippen LogP contribution in [-0.4, -0.2) is 41.0 Å². The summed E-state index contributed by atoms with van der Waals surface area (Å²) in [6.45, 7) is 8.80. The van der Waals surface area contributed by atoms with E-state index in [0.717, 1.165) is 22.7 Å². The standard InChI is InChI=1S/C20H28N6O2/c1-11(2)23-19(24-13(4)22)16-10-26-6-7-28-18-9-17(27-5)14(12(3)21)8-15(18)20(26)25-16/h8-12H,6-7,21H2,1-5H3,(H2,22,23,24)/t12-/m1/s1. The van der Waals surface area contributed by atoms with Crippen LogP contribution in [-0.2, 0) is 6.54 Å². The van der Waals surface area contributed by atoms with Gasteiger partial charge < -0.3 is 25.1 Å². The molecule has 1 aliphatic rings. The number of benzene rings is 1. The molecule has 0 radical (unpaired) electrons. The summed E-state index contributed by atoms with van der Waals surface area (Å²) in [5, 5.41) is 11.0. The second-order valence-electron chi connectivity index (χ2n) is 7.22. The van der Waals surface area contributed by atoms with Gasteiger partial charge in [0.25, 0.3) is 0 Å². The van der Waals surface area contributed by atoms with Crippen LogP contribution < -0.4 is 20.5 Å². The summed E-state index contributed by atoms with van der Waals surface area (Å²) in [5.41, 5.74) is 8.60. The summed E-state index contributed by atoms with van der Waals surface area (Å²) in [4.78, 5) is 9.15. The Morgan fingerprint density at radius 3 is 2.75 bits per heavy atom. The number of aliphatic imine (C=N–C) groups is 1. The van der Waals surface area contributed by atoms with Crippen molar-refractivity contribution in [2.75, 3.05) is 13.7 Å². The highest BCUT2D eigenvalue weighted by Crippen LogP contribution is 2.39. The first kappa shape index (κ1) is 19.9. The smallest absolute Gasteiger partial charge is 0.155 e. The molecule has 8 heteroatoms. The number of hydrogen-bond donors (Lipinski definition) is 3. The normalized spacial score (nSPS) is 14.6. The zero-order chi connectivity index (χ0) is 20.4. The highest BCUT2D eigenvalue weighted by Gasteiger charge is 2.23. The zero-order valence-electron chi connectivity index (χ0n) is 17.0. The molecule has 1 atom stereocenters. The first-order chi connectivity index (χ1) is 13.3. The van der Waals surface area contributed by atoms with Gasteiger partial charge >= 0.3 is 0 Å². The van der Waals surface area contributed by atoms with E-state index in [-0.39, 0.29) is 17.9 Å². The van der Waals surface area contributed by atoms with E-state index >= 15 is 0 Å². The number of fused-ring (bicyclic) bond motifs is 3. The topological polar surface area (TPSA) is 111 Å². The first-order valence-corrected chi connectivity index (χ1v) is 9.38. The summed E-state index contributed by atoms with van der Waals surface area (Å²) in [6, 6.07) is 3.85. The summed E-state index contributed by atoms with van der Waals surface area (Å²) < 4.78 is 13.5. The molecule has 0 aliphatic carbocycles. The predicted molar refractivity (Wildman–Crippen MR) is 111 cm³/mol. The molecule has 0 spiro atoms. The van der Waals surface area contributed by atoms with Crippen molar-refractivity contribution in [3.05, 3.63) is 29.6 Å². The number of rotatable bonds is 4. The Morgan fingerprint density at radius 2 is 2.14 bits per heavy atom. The Kier molecular flexibility index (Phi) is 5.69. The van der Waals surface area contributed by atoms with Crippen LogP contribution in [0.25, 0.3) is 11.4 Å². The Hall–Kier alpha value is -2.87. The second kappa shape index (κ2) is 8.02. The Bertz CT molecular complexity index is 914. The molecule has 3 rings (SSSR count). The molecule has 28 heavy (non-hydrogen) atoms. The van der Waals surface area contributed by atoms with Gasteiger partial charge in [-0.05, 0) is 33.8 Å². The number of nitrogens with zero attached hydrogens (tertiary/aromatic N) is 3. The van der Waals surface area contributed by atoms with E-state index in [1.54, 1.807) is 14.0 Å². The Morgan fingerprint density at radius 1 is 1.39 bits per heavy atom. The molecule has 150 valence electrons. The first-order valence-electron chi connectivity index (χ1n) is 9.38. The molecule has 0 bridgehead atoms. The van der Waals surface area contributed by atoms with E-state index in [2.05, 4.69) is 14.9 Å². The molecular formula is C20H28N6O2. The van der Waals surface area contributed by atoms with Crippen molar-refractivity contribution in [3.8, 4) is 22.9 Å². The largest absolute Gasteiger partial charge is 0.496 e. The van der Waals surface area contributed by atoms with E-state index in [9.17, 15) is 0 Å². The van der Waals surface area contributed by atoms with Crippen molar-refractivity contribution in [1.29, 1.82) is 5.41 Å². The minimum atomic E-state index is -0.188. The lowest BCUT2D eigenvalue weighted by Gasteiger charge is -2.16. The molecule has 8 nitrogen and oxygen atoms in total. The number of amidine groups is 2. The van der Waals surface area contributed by atoms with Gasteiger partial charge in [-0.2, -0.15) is 0 Å². The lowest BCUT2D eigenvalue weighted by atomic mass is 10.0. The van der Waals surface area contributed by atoms with Gasteiger partial charge in [0.15, 0.2) is 5.84 Å². The molecule has 0 saturated heterocycles. The third-order valence-electron chi connectivity index (χ3n) is 4.38. The van der Waals surface area contributed by atoms with Gasteiger partial charge in [0, 0.05) is 29.9 Å². The van der Waals surface area contributed by atoms with Crippen LogP contribution in [0.4, 0.5) is 0 Å². The van der Waals surface area contributed by atoms with Gasteiger partial charge in [-0.15, -0.1) is 0 Å². The molecule has 0 fully saturated rings. The molecule has 2 aromatic rings. The summed E-state index contributed by atoms with van der Waals surface area (Å²) in [7, 11) is 1.63. The van der Waals surface area contributed by atoms with Crippen LogP contribution in [0.3, 0.4) is 0 Å². The van der Waals surface area contributed by atoms with Crippen LogP contribution >= 0.6 is 0 Å². The average molecular weight is 384 g/mol. The molecular weight excluding hydrogens is 356 g/mol. The molecule has 1 aromatic carbocycles. The van der Waals surface area contributed by atoms with Crippen LogP contribution in [0.2, 0.25) is 0 Å². The number of aromatic nitrogens is 2. The van der Waals surface area contributed by atoms with Crippen LogP contribution in [0.1, 0.15) is 45.0 Å². The number of imidazole rings is 1. The lowest BCUT2D eigenvalue weighted by molar-refractivity contribution is 0.304. The SMILES string of the molecule is COc1cc2c(cc1[C@@H](C)N)-c1nc(/C(=N/C(C)=N)NC(C)C)cn1CCO2. The molecule has 0 unspecified atom stereocenters. The van der Waals surface area contributed by atoms with Gasteiger partial charge in [0.05, 0.1) is 19.2 Å². The molecule has 1 aliphatic heterocycles. The van der Waals surface area contributed by atoms with Crippen molar-refractivity contribution < 1.29 is 9.47 Å². The maximum absolute atomic E-state index is 7.74. The summed E-state index contributed by atoms with van der Waals surface area (Å²) >= 11 is 0. The number of nitrogens with one attached hydrogen (secondary N) is 2. The number of hydrogen-bond acceptors (Lipinski definition) is 5. The van der Waals surface area contributed by atoms with Gasteiger partial charge in [-0.1, -0.05) is 0 Å². The highest BCUT2D eigenvalue weighted by molar-refractivity contribution is 6.04. The lowest BCUT2D eigenvalue weighted by Crippen LogP contribution is -2.32. The van der Waals surface area contributed by atoms with Crippen LogP contribution in [0.5, 0.6) is 11.5 Å². The molecule has 0 saturated carbocycles. The van der Waals surface area contributed by atoms with Gasteiger partial charge in [0.2, 0.25) is 0 Å². The third-order valence-corrected chi connectivity index (χ3v) is 4.38. The average Bonchev–Trinajstić information content (AvgIpc) is 2.96. The zero-order valence-corrected chi connectivity index (χ0v) is 17.0. The van der Waals surface area contributed by atoms with Crippen molar-refractivity contribution in [1.82, 2.24) is 14.9 Å². The molecule has 4 N–H and O–H groups in total. The van der Waals surface area contributed by atoms with Crippen molar-refractivity contribution in [3.63, 3.8) is 0 Å². The summed E-state index contributed by atoms with van der Waals surface area (Å²) in [6.07, 6.45) is 1.95. The number of nitrogens with two attached hydrogens (primary N) is 1. The second-order valence-corrected chi connectivity index (χ2v) is 7.22. The minimum absolute atomic E-state index is 0.171. The highest BCUT2D eigenvalue weighted by atomic mass is 16.5. The third kappa shape index (κ3) is 4.01. The Balaban J connectivity index is 2.14. The van der Waals surface area contributed by atoms with Crippen molar-refractivity contribution >= 4 is 11.7 Å². The Labute approximate surface area is 165 Å². The molecule has 2 heterocycles.